The van der Waals surface area contributed by atoms with Gasteiger partial charge in [0.05, 0.1) is 0 Å². The van der Waals surface area contributed by atoms with Gasteiger partial charge in [-0.05, 0) is 37.7 Å². The van der Waals surface area contributed by atoms with E-state index in [1.165, 1.54) is 0 Å². The Bertz CT molecular complexity index is 584. The molecule has 0 radical (unpaired) electrons. The van der Waals surface area contributed by atoms with Gasteiger partial charge in [-0.15, -0.1) is 0 Å². The summed E-state index contributed by atoms with van der Waals surface area (Å²) < 4.78 is 0. The van der Waals surface area contributed by atoms with E-state index in [9.17, 15) is 9.59 Å². The first-order chi connectivity index (χ1) is 11.5. The number of aromatic nitrogens is 2. The van der Waals surface area contributed by atoms with E-state index in [0.717, 1.165) is 51.9 Å². The van der Waals surface area contributed by atoms with Crippen LogP contribution in [0.2, 0.25) is 0 Å². The van der Waals surface area contributed by atoms with Gasteiger partial charge in [-0.1, -0.05) is 13.8 Å². The topological polar surface area (TPSA) is 69.3 Å². The maximum absolute atomic E-state index is 12.6. The monoisotopic (exact) mass is 332 g/mol. The summed E-state index contributed by atoms with van der Waals surface area (Å²) >= 11 is 0. The zero-order valence-electron chi connectivity index (χ0n) is 14.8. The van der Waals surface area contributed by atoms with Crippen molar-refractivity contribution in [3.8, 4) is 0 Å². The summed E-state index contributed by atoms with van der Waals surface area (Å²) in [6, 6.07) is 1.73. The number of piperidine rings is 2. The molecule has 0 bridgehead atoms. The van der Waals surface area contributed by atoms with Crippen LogP contribution in [0.1, 0.15) is 56.4 Å². The molecule has 3 heterocycles. The number of hydrogen-bond acceptors (Lipinski definition) is 3. The largest absolute Gasteiger partial charge is 0.342 e. The fourth-order valence-corrected chi connectivity index (χ4v) is 3.98. The molecule has 2 aliphatic heterocycles. The number of hydrogen-bond donors (Lipinski definition) is 1. The van der Waals surface area contributed by atoms with E-state index in [0.29, 0.717) is 18.0 Å². The van der Waals surface area contributed by atoms with Gasteiger partial charge in [-0.25, -0.2) is 0 Å². The van der Waals surface area contributed by atoms with E-state index < -0.39 is 0 Å². The van der Waals surface area contributed by atoms with Crippen LogP contribution in [0.4, 0.5) is 0 Å². The van der Waals surface area contributed by atoms with Gasteiger partial charge in [0.1, 0.15) is 5.69 Å². The van der Waals surface area contributed by atoms with Crippen molar-refractivity contribution < 1.29 is 9.59 Å². The quantitative estimate of drug-likeness (QED) is 0.920. The molecule has 2 aliphatic rings. The first-order valence-corrected chi connectivity index (χ1v) is 9.05. The van der Waals surface area contributed by atoms with Crippen LogP contribution in [0.3, 0.4) is 0 Å². The lowest BCUT2D eigenvalue weighted by Gasteiger charge is -2.48. The van der Waals surface area contributed by atoms with E-state index in [1.54, 1.807) is 12.3 Å². The summed E-state index contributed by atoms with van der Waals surface area (Å²) in [7, 11) is 0. The first kappa shape index (κ1) is 17.0. The van der Waals surface area contributed by atoms with Gasteiger partial charge >= 0.3 is 0 Å². The number of amides is 2. The molecule has 2 fully saturated rings. The van der Waals surface area contributed by atoms with Crippen LogP contribution in [0.5, 0.6) is 0 Å². The molecular formula is C18H28N4O2. The molecule has 1 aromatic rings. The first-order valence-electron chi connectivity index (χ1n) is 9.05. The molecule has 1 aromatic heterocycles. The smallest absolute Gasteiger partial charge is 0.271 e. The van der Waals surface area contributed by atoms with Crippen LogP contribution in [0.15, 0.2) is 12.3 Å². The van der Waals surface area contributed by atoms with E-state index in [1.807, 2.05) is 9.80 Å². The predicted octanol–water partition coefficient (Wildman–Crippen LogP) is 2.30. The van der Waals surface area contributed by atoms with Crippen molar-refractivity contribution in [2.45, 2.75) is 46.0 Å². The van der Waals surface area contributed by atoms with Crippen LogP contribution in [-0.2, 0) is 4.79 Å². The van der Waals surface area contributed by atoms with Crippen molar-refractivity contribution >= 4 is 11.8 Å². The van der Waals surface area contributed by atoms with Crippen LogP contribution < -0.4 is 0 Å². The Balaban J connectivity index is 1.68. The highest BCUT2D eigenvalue weighted by atomic mass is 16.2. The molecule has 0 aliphatic carbocycles. The zero-order valence-corrected chi connectivity index (χ0v) is 14.8. The molecule has 1 spiro atoms. The summed E-state index contributed by atoms with van der Waals surface area (Å²) in [6.45, 7) is 7.55. The molecule has 3 rings (SSSR count). The van der Waals surface area contributed by atoms with Crippen molar-refractivity contribution in [1.82, 2.24) is 20.0 Å². The molecule has 132 valence electrons. The molecule has 2 amide bonds. The molecule has 0 saturated carbocycles. The number of rotatable bonds is 4. The summed E-state index contributed by atoms with van der Waals surface area (Å²) in [5, 5.41) is 6.65. The molecule has 1 N–H and O–H groups in total. The Hall–Kier alpha value is -1.85. The van der Waals surface area contributed by atoms with E-state index in [-0.39, 0.29) is 17.2 Å². The second kappa shape index (κ2) is 6.95. The van der Waals surface area contributed by atoms with Crippen molar-refractivity contribution in [3.63, 3.8) is 0 Å². The van der Waals surface area contributed by atoms with Crippen LogP contribution in [0, 0.1) is 11.3 Å². The molecular weight excluding hydrogens is 304 g/mol. The second-order valence-electron chi connectivity index (χ2n) is 7.80. The average molecular weight is 332 g/mol. The maximum Gasteiger partial charge on any atom is 0.271 e. The molecule has 1 atom stereocenters. The number of aromatic amines is 1. The van der Waals surface area contributed by atoms with Gasteiger partial charge in [0.2, 0.25) is 5.91 Å². The minimum atomic E-state index is 0.0252. The maximum atomic E-state index is 12.6. The van der Waals surface area contributed by atoms with E-state index in [2.05, 4.69) is 24.0 Å². The highest BCUT2D eigenvalue weighted by Gasteiger charge is 2.42. The van der Waals surface area contributed by atoms with Gasteiger partial charge in [-0.2, -0.15) is 5.10 Å². The molecule has 6 heteroatoms. The highest BCUT2D eigenvalue weighted by Crippen LogP contribution is 2.39. The number of carbonyl (C=O) groups is 2. The van der Waals surface area contributed by atoms with Crippen LogP contribution in [-0.4, -0.2) is 58.0 Å². The molecule has 0 unspecified atom stereocenters. The lowest BCUT2D eigenvalue weighted by Crippen LogP contribution is -2.55. The Morgan fingerprint density at radius 1 is 1.38 bits per heavy atom. The third-order valence-electron chi connectivity index (χ3n) is 5.40. The molecule has 6 nitrogen and oxygen atoms in total. The number of likely N-dealkylation sites (tertiary alicyclic amines) is 2. The fourth-order valence-electron chi connectivity index (χ4n) is 3.98. The van der Waals surface area contributed by atoms with E-state index >= 15 is 0 Å². The van der Waals surface area contributed by atoms with Crippen LogP contribution >= 0.6 is 0 Å². The normalized spacial score (nSPS) is 24.9. The minimum absolute atomic E-state index is 0.0252. The van der Waals surface area contributed by atoms with E-state index in [4.69, 9.17) is 0 Å². The number of H-pyrrole nitrogens is 1. The number of nitrogens with zero attached hydrogens (tertiary/aromatic N) is 3. The van der Waals surface area contributed by atoms with Crippen molar-refractivity contribution in [3.05, 3.63) is 18.0 Å². The fraction of sp³-hybridized carbons (Fsp3) is 0.722. The Kier molecular flexibility index (Phi) is 4.92. The van der Waals surface area contributed by atoms with Gasteiger partial charge in [-0.3, -0.25) is 14.7 Å². The predicted molar refractivity (Wildman–Crippen MR) is 91.4 cm³/mol. The van der Waals surface area contributed by atoms with Gasteiger partial charge < -0.3 is 9.80 Å². The highest BCUT2D eigenvalue weighted by molar-refractivity contribution is 5.92. The second-order valence-corrected chi connectivity index (χ2v) is 7.80. The molecule has 2 saturated heterocycles. The number of nitrogens with one attached hydrogen (secondary N) is 1. The van der Waals surface area contributed by atoms with Gasteiger partial charge in [0.25, 0.3) is 5.91 Å². The van der Waals surface area contributed by atoms with Crippen LogP contribution in [0.25, 0.3) is 0 Å². The zero-order chi connectivity index (χ0) is 17.2. The van der Waals surface area contributed by atoms with Crippen molar-refractivity contribution in [2.24, 2.45) is 11.3 Å². The SMILES string of the molecule is CC(C)CCN1C[C@@]2(CCCN(C(=O)c3ccn[nH]3)C2)CCC1=O. The summed E-state index contributed by atoms with van der Waals surface area (Å²) in [6.07, 6.45) is 6.27. The third kappa shape index (κ3) is 3.62. The average Bonchev–Trinajstić information content (AvgIpc) is 3.10. The lowest BCUT2D eigenvalue weighted by molar-refractivity contribution is -0.139. The third-order valence-corrected chi connectivity index (χ3v) is 5.40. The van der Waals surface area contributed by atoms with Gasteiger partial charge in [0, 0.05) is 44.2 Å². The summed E-state index contributed by atoms with van der Waals surface area (Å²) in [4.78, 5) is 28.9. The Morgan fingerprint density at radius 2 is 2.21 bits per heavy atom. The standard InChI is InChI=1S/C18H28N4O2/c1-14(2)6-11-21-12-18(8-4-16(21)23)7-3-10-22(13-18)17(24)15-5-9-19-20-15/h5,9,14H,3-4,6-8,10-13H2,1-2H3,(H,19,20)/t18-/m1/s1. The lowest BCUT2D eigenvalue weighted by atomic mass is 9.73. The Morgan fingerprint density at radius 3 is 2.92 bits per heavy atom. The van der Waals surface area contributed by atoms with Crippen molar-refractivity contribution in [1.29, 1.82) is 0 Å². The minimum Gasteiger partial charge on any atom is -0.342 e. The Labute approximate surface area is 143 Å². The molecule has 24 heavy (non-hydrogen) atoms. The molecule has 0 aromatic carbocycles. The number of carbonyl (C=O) groups excluding carboxylic acids is 2. The van der Waals surface area contributed by atoms with Gasteiger partial charge in [0.15, 0.2) is 0 Å². The van der Waals surface area contributed by atoms with Crippen molar-refractivity contribution in [2.75, 3.05) is 26.2 Å². The summed E-state index contributed by atoms with van der Waals surface area (Å²) in [5.41, 5.74) is 0.620. The summed E-state index contributed by atoms with van der Waals surface area (Å²) in [5.74, 6) is 0.899.